The predicted molar refractivity (Wildman–Crippen MR) is 115 cm³/mol. The summed E-state index contributed by atoms with van der Waals surface area (Å²) in [4.78, 5) is 31.5. The summed E-state index contributed by atoms with van der Waals surface area (Å²) >= 11 is 1.19. The number of ether oxygens (including phenoxy) is 1. The Bertz CT molecular complexity index is 814. The van der Waals surface area contributed by atoms with Gasteiger partial charge in [-0.3, -0.25) is 9.69 Å². The molecule has 0 unspecified atom stereocenters. The molecule has 0 atom stereocenters. The van der Waals surface area contributed by atoms with Gasteiger partial charge >= 0.3 is 5.97 Å². The summed E-state index contributed by atoms with van der Waals surface area (Å²) in [6.45, 7) is 6.24. The Balaban J connectivity index is 1.47. The zero-order valence-electron chi connectivity index (χ0n) is 17.1. The van der Waals surface area contributed by atoms with Gasteiger partial charge in [-0.15, -0.1) is 0 Å². The lowest BCUT2D eigenvalue weighted by atomic mass is 9.90. The summed E-state index contributed by atoms with van der Waals surface area (Å²) < 4.78 is 5.07. The second kappa shape index (κ2) is 10.5. The number of esters is 1. The number of amides is 1. The van der Waals surface area contributed by atoms with Crippen LogP contribution in [0.25, 0.3) is 0 Å². The molecule has 29 heavy (non-hydrogen) atoms. The van der Waals surface area contributed by atoms with E-state index in [0.717, 1.165) is 32.4 Å². The lowest BCUT2D eigenvalue weighted by Crippen LogP contribution is -2.39. The number of aryl methyl sites for hydroxylation is 1. The average molecular weight is 416 g/mol. The van der Waals surface area contributed by atoms with E-state index < -0.39 is 0 Å². The summed E-state index contributed by atoms with van der Waals surface area (Å²) in [6, 6.07) is 10.6. The first-order chi connectivity index (χ1) is 14.1. The summed E-state index contributed by atoms with van der Waals surface area (Å²) in [6.07, 6.45) is 3.94. The minimum atomic E-state index is -0.372. The molecule has 2 heterocycles. The standard InChI is InChI=1S/C22H29N3O3S/c1-3-18-20(21(27)28-4-2)29-22(23-18)24-19(26)15-25-12-10-17(11-13-25)14-16-8-6-5-7-9-16/h5-9,17H,3-4,10-15H2,1-2H3,(H,23,24,26). The molecule has 0 radical (unpaired) electrons. The number of thiazole rings is 1. The molecule has 6 nitrogen and oxygen atoms in total. The number of rotatable bonds is 8. The van der Waals surface area contributed by atoms with Crippen molar-refractivity contribution in [3.8, 4) is 0 Å². The van der Waals surface area contributed by atoms with Gasteiger partial charge in [0.1, 0.15) is 4.88 Å². The zero-order chi connectivity index (χ0) is 20.6. The fourth-order valence-corrected chi connectivity index (χ4v) is 4.62. The Morgan fingerprint density at radius 2 is 1.93 bits per heavy atom. The minimum Gasteiger partial charge on any atom is -0.462 e. The highest BCUT2D eigenvalue weighted by atomic mass is 32.1. The van der Waals surface area contributed by atoms with Crippen molar-refractivity contribution in [2.45, 2.75) is 39.5 Å². The Hall–Kier alpha value is -2.25. The van der Waals surface area contributed by atoms with Gasteiger partial charge < -0.3 is 10.1 Å². The van der Waals surface area contributed by atoms with E-state index in [9.17, 15) is 9.59 Å². The van der Waals surface area contributed by atoms with Crippen LogP contribution >= 0.6 is 11.3 Å². The molecular formula is C22H29N3O3S. The lowest BCUT2D eigenvalue weighted by Gasteiger charge is -2.31. The lowest BCUT2D eigenvalue weighted by molar-refractivity contribution is -0.117. The van der Waals surface area contributed by atoms with Crippen molar-refractivity contribution in [1.82, 2.24) is 9.88 Å². The molecule has 0 spiro atoms. The molecule has 1 amide bonds. The third kappa shape index (κ3) is 6.11. The number of piperidine rings is 1. The van der Waals surface area contributed by atoms with Crippen molar-refractivity contribution >= 4 is 28.3 Å². The van der Waals surface area contributed by atoms with Crippen molar-refractivity contribution in [2.24, 2.45) is 5.92 Å². The van der Waals surface area contributed by atoms with E-state index in [2.05, 4.69) is 39.5 Å². The first-order valence-corrected chi connectivity index (χ1v) is 11.1. The minimum absolute atomic E-state index is 0.0849. The number of hydrogen-bond acceptors (Lipinski definition) is 6. The van der Waals surface area contributed by atoms with Crippen molar-refractivity contribution < 1.29 is 14.3 Å². The first-order valence-electron chi connectivity index (χ1n) is 10.3. The van der Waals surface area contributed by atoms with Crippen LogP contribution in [0.3, 0.4) is 0 Å². The second-order valence-corrected chi connectivity index (χ2v) is 8.33. The van der Waals surface area contributed by atoms with Crippen LogP contribution in [0.4, 0.5) is 5.13 Å². The predicted octanol–water partition coefficient (Wildman–Crippen LogP) is 3.78. The van der Waals surface area contributed by atoms with Crippen LogP contribution in [0, 0.1) is 5.92 Å². The summed E-state index contributed by atoms with van der Waals surface area (Å²) in [7, 11) is 0. The summed E-state index contributed by atoms with van der Waals surface area (Å²) in [5.41, 5.74) is 2.06. The summed E-state index contributed by atoms with van der Waals surface area (Å²) in [5.74, 6) is 0.219. The molecule has 3 rings (SSSR count). The molecule has 7 heteroatoms. The second-order valence-electron chi connectivity index (χ2n) is 7.33. The fourth-order valence-electron chi connectivity index (χ4n) is 3.66. The highest BCUT2D eigenvalue weighted by molar-refractivity contribution is 7.17. The Morgan fingerprint density at radius 3 is 2.59 bits per heavy atom. The molecule has 1 saturated heterocycles. The van der Waals surface area contributed by atoms with Gasteiger partial charge in [0.15, 0.2) is 5.13 Å². The van der Waals surface area contributed by atoms with Gasteiger partial charge in [0.2, 0.25) is 5.91 Å². The van der Waals surface area contributed by atoms with Gasteiger partial charge in [0.05, 0.1) is 18.8 Å². The SMILES string of the molecule is CCOC(=O)c1sc(NC(=O)CN2CCC(Cc3ccccc3)CC2)nc1CC. The molecule has 1 N–H and O–H groups in total. The van der Waals surface area contributed by atoms with E-state index in [1.54, 1.807) is 6.92 Å². The fraction of sp³-hybridized carbons (Fsp3) is 0.500. The molecule has 1 aromatic carbocycles. The average Bonchev–Trinajstić information content (AvgIpc) is 3.13. The highest BCUT2D eigenvalue weighted by Crippen LogP contribution is 2.25. The van der Waals surface area contributed by atoms with Crippen LogP contribution in [-0.4, -0.2) is 48.0 Å². The molecule has 1 fully saturated rings. The molecule has 156 valence electrons. The quantitative estimate of drug-likeness (QED) is 0.665. The van der Waals surface area contributed by atoms with Crippen LogP contribution in [0.2, 0.25) is 0 Å². The molecule has 2 aromatic rings. The first kappa shape index (κ1) is 21.5. The number of likely N-dealkylation sites (tertiary alicyclic amines) is 1. The van der Waals surface area contributed by atoms with Gasteiger partial charge in [-0.2, -0.15) is 0 Å². The van der Waals surface area contributed by atoms with E-state index in [0.29, 0.717) is 41.2 Å². The van der Waals surface area contributed by atoms with Crippen molar-refractivity contribution in [3.05, 3.63) is 46.5 Å². The van der Waals surface area contributed by atoms with Crippen LogP contribution in [-0.2, 0) is 22.4 Å². The van der Waals surface area contributed by atoms with Crippen LogP contribution in [0.1, 0.15) is 47.6 Å². The number of anilines is 1. The van der Waals surface area contributed by atoms with Gasteiger partial charge in [0, 0.05) is 0 Å². The number of carbonyl (C=O) groups excluding carboxylic acids is 2. The number of benzene rings is 1. The summed E-state index contributed by atoms with van der Waals surface area (Å²) in [5, 5.41) is 3.32. The van der Waals surface area contributed by atoms with Gasteiger partial charge in [-0.05, 0) is 57.2 Å². The Morgan fingerprint density at radius 1 is 1.21 bits per heavy atom. The molecular weight excluding hydrogens is 386 g/mol. The highest BCUT2D eigenvalue weighted by Gasteiger charge is 2.23. The maximum absolute atomic E-state index is 12.5. The molecule has 0 bridgehead atoms. The van der Waals surface area contributed by atoms with E-state index in [1.807, 2.05) is 13.0 Å². The number of nitrogens with one attached hydrogen (secondary N) is 1. The third-order valence-electron chi connectivity index (χ3n) is 5.18. The maximum Gasteiger partial charge on any atom is 0.350 e. The van der Waals surface area contributed by atoms with Gasteiger partial charge in [0.25, 0.3) is 0 Å². The van der Waals surface area contributed by atoms with Crippen LogP contribution < -0.4 is 5.32 Å². The van der Waals surface area contributed by atoms with Gasteiger partial charge in [-0.1, -0.05) is 48.6 Å². The monoisotopic (exact) mass is 415 g/mol. The van der Waals surface area contributed by atoms with E-state index in [4.69, 9.17) is 4.74 Å². The number of aromatic nitrogens is 1. The molecule has 0 aliphatic carbocycles. The number of hydrogen-bond donors (Lipinski definition) is 1. The van der Waals surface area contributed by atoms with Crippen molar-refractivity contribution in [3.63, 3.8) is 0 Å². The van der Waals surface area contributed by atoms with Crippen molar-refractivity contribution in [2.75, 3.05) is 31.6 Å². The third-order valence-corrected chi connectivity index (χ3v) is 6.17. The molecule has 1 aromatic heterocycles. The largest absolute Gasteiger partial charge is 0.462 e. The molecule has 1 aliphatic rings. The van der Waals surface area contributed by atoms with Crippen molar-refractivity contribution in [1.29, 1.82) is 0 Å². The van der Waals surface area contributed by atoms with E-state index >= 15 is 0 Å². The topological polar surface area (TPSA) is 71.5 Å². The molecule has 0 saturated carbocycles. The number of carbonyl (C=O) groups is 2. The Kier molecular flexibility index (Phi) is 7.77. The number of nitrogens with zero attached hydrogens (tertiary/aromatic N) is 2. The van der Waals surface area contributed by atoms with E-state index in [-0.39, 0.29) is 11.9 Å². The van der Waals surface area contributed by atoms with Crippen LogP contribution in [0.15, 0.2) is 30.3 Å². The van der Waals surface area contributed by atoms with E-state index in [1.165, 1.54) is 16.9 Å². The normalized spacial score (nSPS) is 15.2. The van der Waals surface area contributed by atoms with Gasteiger partial charge in [-0.25, -0.2) is 9.78 Å². The Labute approximate surface area is 176 Å². The zero-order valence-corrected chi connectivity index (χ0v) is 18.0. The maximum atomic E-state index is 12.5. The van der Waals surface area contributed by atoms with Crippen LogP contribution in [0.5, 0.6) is 0 Å². The smallest absolute Gasteiger partial charge is 0.350 e. The molecule has 1 aliphatic heterocycles.